The topological polar surface area (TPSA) is 51.8 Å². The van der Waals surface area contributed by atoms with E-state index in [-0.39, 0.29) is 11.9 Å². The van der Waals surface area contributed by atoms with Crippen molar-refractivity contribution in [3.63, 3.8) is 0 Å². The van der Waals surface area contributed by atoms with Crippen molar-refractivity contribution in [2.75, 3.05) is 0 Å². The summed E-state index contributed by atoms with van der Waals surface area (Å²) in [5.41, 5.74) is 7.52. The Morgan fingerprint density at radius 1 is 1.35 bits per heavy atom. The molecule has 0 spiro atoms. The molecule has 0 bridgehead atoms. The number of halogens is 2. The van der Waals surface area contributed by atoms with Crippen LogP contribution in [0.3, 0.4) is 0 Å². The number of benzene rings is 1. The van der Waals surface area contributed by atoms with Crippen LogP contribution in [0.15, 0.2) is 41.3 Å². The normalized spacial score (nSPS) is 12.4. The van der Waals surface area contributed by atoms with Crippen LogP contribution in [0.25, 0.3) is 0 Å². The highest BCUT2D eigenvalue weighted by Crippen LogP contribution is 2.22. The van der Waals surface area contributed by atoms with Gasteiger partial charge in [-0.15, -0.1) is 0 Å². The zero-order valence-corrected chi connectivity index (χ0v) is 10.6. The Morgan fingerprint density at radius 2 is 2.18 bits per heavy atom. The van der Waals surface area contributed by atoms with Gasteiger partial charge in [0.05, 0.1) is 11.7 Å². The first kappa shape index (κ1) is 12.1. The average Bonchev–Trinajstić information content (AvgIpc) is 2.35. The van der Waals surface area contributed by atoms with Crippen molar-refractivity contribution in [3.8, 4) is 0 Å². The van der Waals surface area contributed by atoms with E-state index in [1.807, 2.05) is 0 Å². The Bertz CT molecular complexity index is 504. The van der Waals surface area contributed by atoms with E-state index in [4.69, 9.17) is 5.73 Å². The fourth-order valence-electron chi connectivity index (χ4n) is 1.54. The predicted octanol–water partition coefficient (Wildman–Crippen LogP) is 2.62. The molecule has 0 aliphatic rings. The molecule has 1 unspecified atom stereocenters. The van der Waals surface area contributed by atoms with Gasteiger partial charge in [-0.3, -0.25) is 9.97 Å². The second-order valence-electron chi connectivity index (χ2n) is 3.68. The summed E-state index contributed by atoms with van der Waals surface area (Å²) in [6.07, 6.45) is 5.32. The number of hydrogen-bond donors (Lipinski definition) is 1. The van der Waals surface area contributed by atoms with Gasteiger partial charge in [0, 0.05) is 23.1 Å². The first-order valence-electron chi connectivity index (χ1n) is 5.12. The maximum absolute atomic E-state index is 13.1. The third kappa shape index (κ3) is 3.08. The van der Waals surface area contributed by atoms with Crippen molar-refractivity contribution in [2.24, 2.45) is 5.73 Å². The molecular weight excluding hydrogens is 285 g/mol. The fourth-order valence-corrected chi connectivity index (χ4v) is 1.95. The lowest BCUT2D eigenvalue weighted by molar-refractivity contribution is 0.619. The van der Waals surface area contributed by atoms with Crippen LogP contribution in [0, 0.1) is 5.82 Å². The van der Waals surface area contributed by atoms with Gasteiger partial charge in [0.2, 0.25) is 0 Å². The minimum atomic E-state index is -0.290. The molecular formula is C12H11BrFN3. The van der Waals surface area contributed by atoms with Crippen LogP contribution in [0.4, 0.5) is 4.39 Å². The van der Waals surface area contributed by atoms with Crippen LogP contribution in [0.5, 0.6) is 0 Å². The first-order valence-corrected chi connectivity index (χ1v) is 5.91. The molecule has 0 saturated carbocycles. The zero-order valence-electron chi connectivity index (χ0n) is 8.98. The smallest absolute Gasteiger partial charge is 0.123 e. The quantitative estimate of drug-likeness (QED) is 0.947. The molecule has 1 aromatic heterocycles. The first-order chi connectivity index (χ1) is 8.16. The Kier molecular flexibility index (Phi) is 3.81. The maximum atomic E-state index is 13.1. The minimum Gasteiger partial charge on any atom is -0.322 e. The maximum Gasteiger partial charge on any atom is 0.123 e. The van der Waals surface area contributed by atoms with Crippen LogP contribution in [0.1, 0.15) is 17.3 Å². The second-order valence-corrected chi connectivity index (χ2v) is 4.53. The fraction of sp³-hybridized carbons (Fsp3) is 0.167. The second kappa shape index (κ2) is 5.33. The summed E-state index contributed by atoms with van der Waals surface area (Å²) >= 11 is 3.37. The molecule has 0 amide bonds. The summed E-state index contributed by atoms with van der Waals surface area (Å²) in [5.74, 6) is -0.269. The molecule has 0 radical (unpaired) electrons. The molecule has 3 nitrogen and oxygen atoms in total. The SMILES string of the molecule is NC(Cc1cc(F)ccc1Br)c1cnccn1. The molecule has 17 heavy (non-hydrogen) atoms. The van der Waals surface area contributed by atoms with Gasteiger partial charge in [-0.25, -0.2) is 4.39 Å². The highest BCUT2D eigenvalue weighted by molar-refractivity contribution is 9.10. The van der Waals surface area contributed by atoms with Crippen LogP contribution in [0.2, 0.25) is 0 Å². The lowest BCUT2D eigenvalue weighted by atomic mass is 10.0. The molecule has 0 aliphatic carbocycles. The Morgan fingerprint density at radius 3 is 2.88 bits per heavy atom. The lowest BCUT2D eigenvalue weighted by Gasteiger charge is -2.11. The van der Waals surface area contributed by atoms with Crippen LogP contribution in [-0.2, 0) is 6.42 Å². The number of nitrogens with two attached hydrogens (primary N) is 1. The van der Waals surface area contributed by atoms with Crippen molar-refractivity contribution < 1.29 is 4.39 Å². The van der Waals surface area contributed by atoms with E-state index >= 15 is 0 Å². The third-order valence-corrected chi connectivity index (χ3v) is 3.18. The van der Waals surface area contributed by atoms with Gasteiger partial charge in [-0.05, 0) is 30.2 Å². The van der Waals surface area contributed by atoms with Crippen LogP contribution < -0.4 is 5.73 Å². The Balaban J connectivity index is 2.18. The molecule has 0 fully saturated rings. The van der Waals surface area contributed by atoms with Crippen LogP contribution >= 0.6 is 15.9 Å². The number of aromatic nitrogens is 2. The Labute approximate surface area is 107 Å². The summed E-state index contributed by atoms with van der Waals surface area (Å²) < 4.78 is 14.0. The molecule has 2 rings (SSSR count). The molecule has 1 heterocycles. The molecule has 88 valence electrons. The average molecular weight is 296 g/mol. The van der Waals surface area contributed by atoms with Gasteiger partial charge in [-0.1, -0.05) is 15.9 Å². The summed E-state index contributed by atoms with van der Waals surface area (Å²) in [5, 5.41) is 0. The van der Waals surface area contributed by atoms with Gasteiger partial charge < -0.3 is 5.73 Å². The van der Waals surface area contributed by atoms with Gasteiger partial charge >= 0.3 is 0 Å². The summed E-state index contributed by atoms with van der Waals surface area (Å²) in [7, 11) is 0. The van der Waals surface area contributed by atoms with Crippen molar-refractivity contribution in [3.05, 3.63) is 58.3 Å². The van der Waals surface area contributed by atoms with Gasteiger partial charge in [0.25, 0.3) is 0 Å². The van der Waals surface area contributed by atoms with E-state index in [2.05, 4.69) is 25.9 Å². The summed E-state index contributed by atoms with van der Waals surface area (Å²) in [6, 6.07) is 4.26. The lowest BCUT2D eigenvalue weighted by Crippen LogP contribution is -2.15. The number of nitrogens with zero attached hydrogens (tertiary/aromatic N) is 2. The standard InChI is InChI=1S/C12H11BrFN3/c13-10-2-1-9(14)5-8(10)6-11(15)12-7-16-3-4-17-12/h1-5,7,11H,6,15H2. The number of rotatable bonds is 3. The summed E-state index contributed by atoms with van der Waals surface area (Å²) in [6.45, 7) is 0. The van der Waals surface area contributed by atoms with E-state index in [1.54, 1.807) is 24.7 Å². The zero-order chi connectivity index (χ0) is 12.3. The highest BCUT2D eigenvalue weighted by atomic mass is 79.9. The van der Waals surface area contributed by atoms with E-state index in [0.29, 0.717) is 12.1 Å². The molecule has 0 aliphatic heterocycles. The van der Waals surface area contributed by atoms with E-state index < -0.39 is 0 Å². The number of hydrogen-bond acceptors (Lipinski definition) is 3. The van der Waals surface area contributed by atoms with E-state index in [9.17, 15) is 4.39 Å². The highest BCUT2D eigenvalue weighted by Gasteiger charge is 2.11. The molecule has 5 heteroatoms. The van der Waals surface area contributed by atoms with Crippen molar-refractivity contribution in [2.45, 2.75) is 12.5 Å². The van der Waals surface area contributed by atoms with Gasteiger partial charge in [-0.2, -0.15) is 0 Å². The van der Waals surface area contributed by atoms with Gasteiger partial charge in [0.15, 0.2) is 0 Å². The molecule has 2 N–H and O–H groups in total. The van der Waals surface area contributed by atoms with E-state index in [0.717, 1.165) is 10.0 Å². The van der Waals surface area contributed by atoms with E-state index in [1.165, 1.54) is 12.1 Å². The monoisotopic (exact) mass is 295 g/mol. The molecule has 1 atom stereocenters. The van der Waals surface area contributed by atoms with Crippen molar-refractivity contribution in [1.82, 2.24) is 9.97 Å². The minimum absolute atomic E-state index is 0.269. The van der Waals surface area contributed by atoms with Crippen LogP contribution in [-0.4, -0.2) is 9.97 Å². The van der Waals surface area contributed by atoms with Crippen molar-refractivity contribution >= 4 is 15.9 Å². The molecule has 2 aromatic rings. The largest absolute Gasteiger partial charge is 0.322 e. The molecule has 0 saturated heterocycles. The predicted molar refractivity (Wildman–Crippen MR) is 66.8 cm³/mol. The third-order valence-electron chi connectivity index (χ3n) is 2.41. The molecule has 1 aromatic carbocycles. The summed E-state index contributed by atoms with van der Waals surface area (Å²) in [4.78, 5) is 8.09. The van der Waals surface area contributed by atoms with Gasteiger partial charge in [0.1, 0.15) is 5.82 Å². The van der Waals surface area contributed by atoms with Crippen molar-refractivity contribution in [1.29, 1.82) is 0 Å². The Hall–Kier alpha value is -1.33.